The fourth-order valence-corrected chi connectivity index (χ4v) is 1.25. The second-order valence-electron chi connectivity index (χ2n) is 3.23. The number of carbonyl (C=O) groups is 1. The molecule has 1 N–H and O–H groups in total. The molecule has 0 bridgehead atoms. The summed E-state index contributed by atoms with van der Waals surface area (Å²) in [5, 5.41) is 11.2. The third-order valence-electron chi connectivity index (χ3n) is 2.08. The predicted molar refractivity (Wildman–Crippen MR) is 61.1 cm³/mol. The molecule has 5 heteroatoms. The summed E-state index contributed by atoms with van der Waals surface area (Å²) < 4.78 is 0. The summed E-state index contributed by atoms with van der Waals surface area (Å²) in [5.74, 6) is 0.108. The number of hydrogen-bond donors (Lipinski definition) is 1. The van der Waals surface area contributed by atoms with E-state index in [0.717, 1.165) is 0 Å². The Bertz CT molecular complexity index is 557. The minimum atomic E-state index is -0.282. The highest BCUT2D eigenvalue weighted by atomic mass is 16.1. The molecule has 0 unspecified atom stereocenters. The lowest BCUT2D eigenvalue weighted by atomic mass is 10.1. The Labute approximate surface area is 97.8 Å². The molecule has 1 aromatic heterocycles. The normalized spacial score (nSPS) is 9.35. The van der Waals surface area contributed by atoms with Gasteiger partial charge in [0.05, 0.1) is 17.8 Å². The van der Waals surface area contributed by atoms with Gasteiger partial charge in [-0.3, -0.25) is 9.78 Å². The van der Waals surface area contributed by atoms with Crippen LogP contribution >= 0.6 is 0 Å². The van der Waals surface area contributed by atoms with Crippen molar-refractivity contribution < 1.29 is 4.79 Å². The first-order valence-corrected chi connectivity index (χ1v) is 4.87. The molecule has 0 aliphatic carbocycles. The molecule has 2 aromatic rings. The van der Waals surface area contributed by atoms with E-state index in [4.69, 9.17) is 5.26 Å². The van der Waals surface area contributed by atoms with Crippen LogP contribution in [0.5, 0.6) is 0 Å². The lowest BCUT2D eigenvalue weighted by molar-refractivity contribution is 0.102. The van der Waals surface area contributed by atoms with E-state index in [1.165, 1.54) is 18.6 Å². The van der Waals surface area contributed by atoms with Crippen molar-refractivity contribution in [2.24, 2.45) is 0 Å². The maximum Gasteiger partial charge on any atom is 0.256 e. The van der Waals surface area contributed by atoms with Gasteiger partial charge in [-0.15, -0.1) is 0 Å². The van der Waals surface area contributed by atoms with Gasteiger partial charge in [0, 0.05) is 18.0 Å². The molecule has 17 heavy (non-hydrogen) atoms. The molecular weight excluding hydrogens is 216 g/mol. The Hall–Kier alpha value is -2.74. The molecule has 0 aliphatic rings. The van der Waals surface area contributed by atoms with Gasteiger partial charge in [0.15, 0.2) is 5.82 Å². The van der Waals surface area contributed by atoms with Gasteiger partial charge in [-0.05, 0) is 24.3 Å². The van der Waals surface area contributed by atoms with Crippen LogP contribution in [-0.2, 0) is 0 Å². The smallest absolute Gasteiger partial charge is 0.256 e. The minimum Gasteiger partial charge on any atom is -0.305 e. The topological polar surface area (TPSA) is 78.7 Å². The van der Waals surface area contributed by atoms with Crippen molar-refractivity contribution in [3.05, 3.63) is 54.0 Å². The summed E-state index contributed by atoms with van der Waals surface area (Å²) in [6.45, 7) is 0. The van der Waals surface area contributed by atoms with Gasteiger partial charge in [-0.25, -0.2) is 4.98 Å². The van der Waals surface area contributed by atoms with E-state index < -0.39 is 0 Å². The largest absolute Gasteiger partial charge is 0.305 e. The molecular formula is C12H8N4O. The van der Waals surface area contributed by atoms with Gasteiger partial charge in [-0.1, -0.05) is 0 Å². The van der Waals surface area contributed by atoms with E-state index in [9.17, 15) is 4.79 Å². The number of nitriles is 1. The van der Waals surface area contributed by atoms with E-state index in [0.29, 0.717) is 16.9 Å². The standard InChI is InChI=1S/C12H8N4O/c13-7-9-1-3-10(4-2-9)12(17)16-11-8-14-5-6-15-11/h1-6,8H,(H,15,16,17). The van der Waals surface area contributed by atoms with Crippen LogP contribution in [0.25, 0.3) is 0 Å². The molecule has 2 rings (SSSR count). The summed E-state index contributed by atoms with van der Waals surface area (Å²) in [5.41, 5.74) is 0.982. The van der Waals surface area contributed by atoms with Crippen molar-refractivity contribution >= 4 is 11.7 Å². The lowest BCUT2D eigenvalue weighted by Crippen LogP contribution is -2.12. The SMILES string of the molecule is N#Cc1ccc(C(=O)Nc2cnccn2)cc1. The third kappa shape index (κ3) is 2.63. The van der Waals surface area contributed by atoms with Crippen LogP contribution in [0, 0.1) is 11.3 Å². The Morgan fingerprint density at radius 3 is 2.59 bits per heavy atom. The molecule has 0 spiro atoms. The second kappa shape index (κ2) is 4.86. The Morgan fingerprint density at radius 1 is 1.24 bits per heavy atom. The number of hydrogen-bond acceptors (Lipinski definition) is 4. The Balaban J connectivity index is 2.13. The van der Waals surface area contributed by atoms with Crippen LogP contribution < -0.4 is 5.32 Å². The average molecular weight is 224 g/mol. The summed E-state index contributed by atoms with van der Waals surface area (Å²) >= 11 is 0. The van der Waals surface area contributed by atoms with E-state index in [2.05, 4.69) is 15.3 Å². The first-order valence-electron chi connectivity index (χ1n) is 4.87. The number of benzene rings is 1. The summed E-state index contributed by atoms with van der Waals surface area (Å²) in [7, 11) is 0. The fourth-order valence-electron chi connectivity index (χ4n) is 1.25. The molecule has 0 saturated heterocycles. The highest BCUT2D eigenvalue weighted by Gasteiger charge is 2.06. The first kappa shape index (κ1) is 10.8. The van der Waals surface area contributed by atoms with Gasteiger partial charge in [-0.2, -0.15) is 5.26 Å². The van der Waals surface area contributed by atoms with Crippen molar-refractivity contribution in [2.45, 2.75) is 0 Å². The highest BCUT2D eigenvalue weighted by molar-refractivity contribution is 6.03. The number of anilines is 1. The minimum absolute atomic E-state index is 0.282. The van der Waals surface area contributed by atoms with Gasteiger partial charge in [0.25, 0.3) is 5.91 Å². The van der Waals surface area contributed by atoms with E-state index in [1.54, 1.807) is 24.3 Å². The van der Waals surface area contributed by atoms with E-state index >= 15 is 0 Å². The van der Waals surface area contributed by atoms with Gasteiger partial charge < -0.3 is 5.32 Å². The van der Waals surface area contributed by atoms with E-state index in [1.807, 2.05) is 6.07 Å². The Kier molecular flexibility index (Phi) is 3.08. The molecule has 0 atom stereocenters. The number of nitrogens with one attached hydrogen (secondary N) is 1. The molecule has 0 saturated carbocycles. The van der Waals surface area contributed by atoms with Crippen LogP contribution in [0.4, 0.5) is 5.82 Å². The lowest BCUT2D eigenvalue weighted by Gasteiger charge is -2.03. The number of nitrogens with zero attached hydrogens (tertiary/aromatic N) is 3. The second-order valence-corrected chi connectivity index (χ2v) is 3.23. The molecule has 1 aromatic carbocycles. The fraction of sp³-hybridized carbons (Fsp3) is 0. The Morgan fingerprint density at radius 2 is 2.00 bits per heavy atom. The van der Waals surface area contributed by atoms with E-state index in [-0.39, 0.29) is 5.91 Å². The number of aromatic nitrogens is 2. The highest BCUT2D eigenvalue weighted by Crippen LogP contribution is 2.06. The molecule has 0 aliphatic heterocycles. The molecule has 1 heterocycles. The van der Waals surface area contributed by atoms with Crippen molar-refractivity contribution in [3.8, 4) is 6.07 Å². The van der Waals surface area contributed by atoms with Crippen LogP contribution in [-0.4, -0.2) is 15.9 Å². The monoisotopic (exact) mass is 224 g/mol. The molecule has 82 valence electrons. The van der Waals surface area contributed by atoms with Gasteiger partial charge in [0.2, 0.25) is 0 Å². The molecule has 1 amide bonds. The number of carbonyl (C=O) groups excluding carboxylic acids is 1. The van der Waals surface area contributed by atoms with Gasteiger partial charge >= 0.3 is 0 Å². The van der Waals surface area contributed by atoms with Crippen molar-refractivity contribution in [3.63, 3.8) is 0 Å². The average Bonchev–Trinajstić information content (AvgIpc) is 2.40. The van der Waals surface area contributed by atoms with Crippen LogP contribution in [0.2, 0.25) is 0 Å². The number of rotatable bonds is 2. The van der Waals surface area contributed by atoms with Gasteiger partial charge in [0.1, 0.15) is 0 Å². The zero-order chi connectivity index (χ0) is 12.1. The molecule has 0 fully saturated rings. The third-order valence-corrected chi connectivity index (χ3v) is 2.08. The van der Waals surface area contributed by atoms with Crippen molar-refractivity contribution in [2.75, 3.05) is 5.32 Å². The zero-order valence-corrected chi connectivity index (χ0v) is 8.79. The predicted octanol–water partition coefficient (Wildman–Crippen LogP) is 1.60. The molecule has 0 radical (unpaired) electrons. The molecule has 5 nitrogen and oxygen atoms in total. The quantitative estimate of drug-likeness (QED) is 0.840. The van der Waals surface area contributed by atoms with Crippen molar-refractivity contribution in [1.82, 2.24) is 9.97 Å². The van der Waals surface area contributed by atoms with Crippen LogP contribution in [0.1, 0.15) is 15.9 Å². The first-order chi connectivity index (χ1) is 8.29. The van der Waals surface area contributed by atoms with Crippen LogP contribution in [0.15, 0.2) is 42.9 Å². The maximum atomic E-state index is 11.8. The summed E-state index contributed by atoms with van der Waals surface area (Å²) in [4.78, 5) is 19.5. The summed E-state index contributed by atoms with van der Waals surface area (Å²) in [6.07, 6.45) is 4.48. The van der Waals surface area contributed by atoms with Crippen molar-refractivity contribution in [1.29, 1.82) is 5.26 Å². The zero-order valence-electron chi connectivity index (χ0n) is 8.79. The van der Waals surface area contributed by atoms with Crippen LogP contribution in [0.3, 0.4) is 0 Å². The maximum absolute atomic E-state index is 11.8. The summed E-state index contributed by atoms with van der Waals surface area (Å²) in [6, 6.07) is 8.34. The number of amides is 1.